The molecule has 0 N–H and O–H groups in total. The van der Waals surface area contributed by atoms with Gasteiger partial charge < -0.3 is 4.74 Å². The topological polar surface area (TPSA) is 70.4 Å². The molecule has 0 bridgehead atoms. The van der Waals surface area contributed by atoms with E-state index < -0.39 is 0 Å². The number of hydrogen-bond donors (Lipinski definition) is 0. The third-order valence-corrected chi connectivity index (χ3v) is 7.17. The van der Waals surface area contributed by atoms with Crippen molar-refractivity contribution in [3.8, 4) is 11.8 Å². The van der Waals surface area contributed by atoms with Crippen LogP contribution in [0.4, 0.5) is 4.79 Å². The Bertz CT molecular complexity index is 1060. The summed E-state index contributed by atoms with van der Waals surface area (Å²) < 4.78 is 7.78. The molecule has 0 aliphatic carbocycles. The van der Waals surface area contributed by atoms with Crippen LogP contribution in [0.1, 0.15) is 37.0 Å². The lowest BCUT2D eigenvalue weighted by molar-refractivity contribution is -0.124. The summed E-state index contributed by atoms with van der Waals surface area (Å²) >= 11 is 5.37. The fraction of sp³-hybridized carbons (Fsp3) is 0.227. The van der Waals surface area contributed by atoms with E-state index in [0.29, 0.717) is 17.1 Å². The molecule has 2 amide bonds. The average molecular weight is 644 g/mol. The van der Waals surface area contributed by atoms with E-state index in [0.717, 1.165) is 42.2 Å². The Balaban J connectivity index is 1.81. The van der Waals surface area contributed by atoms with Crippen molar-refractivity contribution >= 4 is 74.2 Å². The predicted octanol–water partition coefficient (Wildman–Crippen LogP) is 6.18. The summed E-state index contributed by atoms with van der Waals surface area (Å²) in [7, 11) is 0. The van der Waals surface area contributed by atoms with Crippen LogP contribution >= 0.6 is 56.9 Å². The van der Waals surface area contributed by atoms with Gasteiger partial charge in [-0.15, -0.1) is 0 Å². The SMILES string of the molecule is CC[C@H](C)N1C(=O)S/C(=C/c2cc(I)c(OCc3ccccc3C#N)c(I)c2)C1=O. The number of nitrogens with zero attached hydrogens (tertiary/aromatic N) is 2. The van der Waals surface area contributed by atoms with Gasteiger partial charge in [0, 0.05) is 11.6 Å². The first-order valence-corrected chi connectivity index (χ1v) is 12.2. The summed E-state index contributed by atoms with van der Waals surface area (Å²) in [5.41, 5.74) is 2.26. The molecule has 0 saturated carbocycles. The highest BCUT2D eigenvalue weighted by atomic mass is 127. The van der Waals surface area contributed by atoms with Crippen molar-refractivity contribution in [1.82, 2.24) is 4.90 Å². The van der Waals surface area contributed by atoms with Gasteiger partial charge in [0.05, 0.1) is 23.7 Å². The molecular weight excluding hydrogens is 626 g/mol. The molecule has 1 aliphatic rings. The Morgan fingerprint density at radius 1 is 1.23 bits per heavy atom. The first-order chi connectivity index (χ1) is 14.3. The molecular formula is C22H18I2N2O3S. The first-order valence-electron chi connectivity index (χ1n) is 9.22. The highest BCUT2D eigenvalue weighted by Crippen LogP contribution is 2.36. The van der Waals surface area contributed by atoms with Crippen LogP contribution < -0.4 is 4.74 Å². The standard InChI is InChI=1S/C22H18I2N2O3S/c1-3-13(2)26-21(27)19(30-22(26)28)10-14-8-17(23)20(18(24)9-14)29-12-16-7-5-4-6-15(16)11-25/h4-10,13H,3,12H2,1-2H3/b19-10+/t13-/m0/s1. The molecule has 154 valence electrons. The van der Waals surface area contributed by atoms with Crippen molar-refractivity contribution in [1.29, 1.82) is 5.26 Å². The van der Waals surface area contributed by atoms with Crippen LogP contribution in [0.25, 0.3) is 6.08 Å². The highest BCUT2D eigenvalue weighted by Gasteiger charge is 2.37. The molecule has 5 nitrogen and oxygen atoms in total. The van der Waals surface area contributed by atoms with Crippen LogP contribution in [0.15, 0.2) is 41.3 Å². The van der Waals surface area contributed by atoms with Crippen molar-refractivity contribution in [2.75, 3.05) is 0 Å². The summed E-state index contributed by atoms with van der Waals surface area (Å²) in [6, 6.07) is 13.3. The molecule has 2 aromatic rings. The van der Waals surface area contributed by atoms with Crippen molar-refractivity contribution in [2.45, 2.75) is 32.9 Å². The van der Waals surface area contributed by atoms with Crippen molar-refractivity contribution in [3.05, 3.63) is 65.1 Å². The summed E-state index contributed by atoms with van der Waals surface area (Å²) in [5, 5.41) is 9.01. The van der Waals surface area contributed by atoms with Gasteiger partial charge in [0.1, 0.15) is 12.4 Å². The van der Waals surface area contributed by atoms with Gasteiger partial charge >= 0.3 is 0 Å². The molecule has 1 aliphatic heterocycles. The van der Waals surface area contributed by atoms with Crippen LogP contribution in [0.5, 0.6) is 5.75 Å². The molecule has 3 rings (SSSR count). The van der Waals surface area contributed by atoms with E-state index >= 15 is 0 Å². The lowest BCUT2D eigenvalue weighted by Crippen LogP contribution is -2.36. The molecule has 8 heteroatoms. The molecule has 30 heavy (non-hydrogen) atoms. The van der Waals surface area contributed by atoms with E-state index in [1.807, 2.05) is 44.2 Å². The maximum atomic E-state index is 12.6. The van der Waals surface area contributed by atoms with E-state index in [1.54, 1.807) is 12.1 Å². The monoisotopic (exact) mass is 644 g/mol. The van der Waals surface area contributed by atoms with Gasteiger partial charge in [-0.25, -0.2) is 0 Å². The zero-order valence-electron chi connectivity index (χ0n) is 16.3. The normalized spacial score (nSPS) is 16.1. The van der Waals surface area contributed by atoms with E-state index in [-0.39, 0.29) is 17.2 Å². The Kier molecular flexibility index (Phi) is 7.81. The maximum Gasteiger partial charge on any atom is 0.293 e. The van der Waals surface area contributed by atoms with Gasteiger partial charge in [-0.2, -0.15) is 5.26 Å². The number of carbonyl (C=O) groups is 2. The van der Waals surface area contributed by atoms with Crippen LogP contribution in [-0.4, -0.2) is 22.1 Å². The fourth-order valence-corrected chi connectivity index (χ4v) is 5.96. The number of halogens is 2. The molecule has 1 saturated heterocycles. The van der Waals surface area contributed by atoms with Crippen LogP contribution in [0, 0.1) is 18.5 Å². The fourth-order valence-electron chi connectivity index (χ4n) is 2.90. The van der Waals surface area contributed by atoms with Crippen molar-refractivity contribution in [3.63, 3.8) is 0 Å². The number of hydrogen-bond acceptors (Lipinski definition) is 5. The Morgan fingerprint density at radius 2 is 1.90 bits per heavy atom. The second kappa shape index (κ2) is 10.2. The number of thioether (sulfide) groups is 1. The minimum Gasteiger partial charge on any atom is -0.487 e. The molecule has 2 aromatic carbocycles. The third-order valence-electron chi connectivity index (χ3n) is 4.68. The van der Waals surface area contributed by atoms with E-state index in [9.17, 15) is 14.9 Å². The second-order valence-corrected chi connectivity index (χ2v) is 10.00. The molecule has 1 heterocycles. The zero-order valence-corrected chi connectivity index (χ0v) is 21.4. The largest absolute Gasteiger partial charge is 0.487 e. The van der Waals surface area contributed by atoms with Crippen molar-refractivity contribution < 1.29 is 14.3 Å². The molecule has 0 spiro atoms. The minimum absolute atomic E-state index is 0.115. The van der Waals surface area contributed by atoms with E-state index in [2.05, 4.69) is 51.3 Å². The predicted molar refractivity (Wildman–Crippen MR) is 135 cm³/mol. The van der Waals surface area contributed by atoms with Gasteiger partial charge in [0.15, 0.2) is 0 Å². The molecule has 0 unspecified atom stereocenters. The summed E-state index contributed by atoms with van der Waals surface area (Å²) in [4.78, 5) is 26.6. The quantitative estimate of drug-likeness (QED) is 0.278. The molecule has 1 atom stereocenters. The van der Waals surface area contributed by atoms with Crippen LogP contribution in [0.3, 0.4) is 0 Å². The van der Waals surface area contributed by atoms with Gasteiger partial charge in [-0.1, -0.05) is 25.1 Å². The number of nitriles is 1. The number of ether oxygens (including phenoxy) is 1. The Morgan fingerprint density at radius 3 is 2.53 bits per heavy atom. The molecule has 0 radical (unpaired) electrons. The smallest absolute Gasteiger partial charge is 0.293 e. The number of rotatable bonds is 6. The summed E-state index contributed by atoms with van der Waals surface area (Å²) in [6.07, 6.45) is 2.48. The number of imide groups is 1. The summed E-state index contributed by atoms with van der Waals surface area (Å²) in [5.74, 6) is 0.492. The van der Waals surface area contributed by atoms with Crippen LogP contribution in [0.2, 0.25) is 0 Å². The second-order valence-electron chi connectivity index (χ2n) is 6.68. The minimum atomic E-state index is -0.238. The van der Waals surface area contributed by atoms with E-state index in [4.69, 9.17) is 4.74 Å². The van der Waals surface area contributed by atoms with Gasteiger partial charge in [-0.3, -0.25) is 14.5 Å². The van der Waals surface area contributed by atoms with Gasteiger partial charge in [-0.05, 0) is 100 Å². The number of amides is 2. The maximum absolute atomic E-state index is 12.6. The summed E-state index contributed by atoms with van der Waals surface area (Å²) in [6.45, 7) is 4.13. The third kappa shape index (κ3) is 5.00. The lowest BCUT2D eigenvalue weighted by atomic mass is 10.1. The average Bonchev–Trinajstić information content (AvgIpc) is 3.00. The highest BCUT2D eigenvalue weighted by molar-refractivity contribution is 14.1. The molecule has 0 aromatic heterocycles. The van der Waals surface area contributed by atoms with Gasteiger partial charge in [0.2, 0.25) is 0 Å². The van der Waals surface area contributed by atoms with Crippen molar-refractivity contribution in [2.24, 2.45) is 0 Å². The Hall–Kier alpha value is -1.58. The lowest BCUT2D eigenvalue weighted by Gasteiger charge is -2.19. The number of carbonyl (C=O) groups excluding carboxylic acids is 2. The first kappa shape index (κ1) is 23.1. The number of benzene rings is 2. The zero-order chi connectivity index (χ0) is 21.8. The molecule has 1 fully saturated rings. The van der Waals surface area contributed by atoms with Gasteiger partial charge in [0.25, 0.3) is 11.1 Å². The Labute approximate surface area is 207 Å². The van der Waals surface area contributed by atoms with Crippen LogP contribution in [-0.2, 0) is 11.4 Å². The van der Waals surface area contributed by atoms with E-state index in [1.165, 1.54) is 4.90 Å².